The molecule has 3 aromatic rings. The Balaban J connectivity index is 2.46. The van der Waals surface area contributed by atoms with E-state index in [0.717, 1.165) is 5.70 Å². The third-order valence-electron chi connectivity index (χ3n) is 3.55. The van der Waals surface area contributed by atoms with Crippen molar-refractivity contribution in [3.05, 3.63) is 85.1 Å². The van der Waals surface area contributed by atoms with E-state index in [9.17, 15) is 0 Å². The van der Waals surface area contributed by atoms with Crippen LogP contribution in [0.15, 0.2) is 85.1 Å². The Bertz CT molecular complexity index is 847. The van der Waals surface area contributed by atoms with Gasteiger partial charge in [-0.2, -0.15) is 0 Å². The number of hydrogen-bond donors (Lipinski definition) is 0. The van der Waals surface area contributed by atoms with Gasteiger partial charge in [0.1, 0.15) is 0 Å². The maximum absolute atomic E-state index is 3.64. The molecule has 0 spiro atoms. The lowest BCUT2D eigenvalue weighted by Gasteiger charge is -2.08. The average molecular weight is 271 g/mol. The van der Waals surface area contributed by atoms with Crippen molar-refractivity contribution in [3.63, 3.8) is 0 Å². The van der Waals surface area contributed by atoms with Crippen LogP contribution in [0.25, 0.3) is 27.5 Å². The second-order valence-electron chi connectivity index (χ2n) is 4.83. The summed E-state index contributed by atoms with van der Waals surface area (Å²) in [4.78, 5) is 0. The van der Waals surface area contributed by atoms with E-state index in [4.69, 9.17) is 0 Å². The third-order valence-corrected chi connectivity index (χ3v) is 3.55. The molecule has 0 aliphatic carbocycles. The Morgan fingerprint density at radius 1 is 1.00 bits per heavy atom. The quantitative estimate of drug-likeness (QED) is 0.434. The maximum atomic E-state index is 3.64. The molecule has 0 aliphatic rings. The smallest absolute Gasteiger partial charge is 0.0541 e. The minimum Gasteiger partial charge on any atom is -0.309 e. The van der Waals surface area contributed by atoms with Gasteiger partial charge in [0, 0.05) is 16.5 Å². The number of aromatic nitrogens is 1. The molecule has 102 valence electrons. The number of rotatable bonds is 3. The van der Waals surface area contributed by atoms with Crippen LogP contribution in [0.2, 0.25) is 0 Å². The van der Waals surface area contributed by atoms with Crippen LogP contribution in [-0.4, -0.2) is 4.57 Å². The van der Waals surface area contributed by atoms with Crippen molar-refractivity contribution in [2.45, 2.75) is 6.92 Å². The van der Waals surface area contributed by atoms with Gasteiger partial charge in [-0.15, -0.1) is 5.73 Å². The van der Waals surface area contributed by atoms with E-state index in [2.05, 4.69) is 71.5 Å². The summed E-state index contributed by atoms with van der Waals surface area (Å²) in [6.45, 7) is 5.67. The second-order valence-corrected chi connectivity index (χ2v) is 4.83. The van der Waals surface area contributed by atoms with E-state index in [1.807, 2.05) is 25.2 Å². The molecule has 1 aromatic heterocycles. The van der Waals surface area contributed by atoms with Gasteiger partial charge in [-0.25, -0.2) is 0 Å². The zero-order valence-corrected chi connectivity index (χ0v) is 12.1. The lowest BCUT2D eigenvalue weighted by atomic mass is 10.2. The zero-order valence-electron chi connectivity index (χ0n) is 12.1. The normalized spacial score (nSPS) is 12.1. The second kappa shape index (κ2) is 5.70. The SMILES string of the molecule is C=C=C/C=C(\C=C/C)n1c2ccccc2c2ccccc21. The molecule has 0 unspecified atom stereocenters. The molecular weight excluding hydrogens is 254 g/mol. The van der Waals surface area contributed by atoms with Crippen molar-refractivity contribution >= 4 is 27.5 Å². The van der Waals surface area contributed by atoms with E-state index >= 15 is 0 Å². The van der Waals surface area contributed by atoms with Gasteiger partial charge in [-0.1, -0.05) is 49.1 Å². The van der Waals surface area contributed by atoms with Gasteiger partial charge in [-0.05, 0) is 37.3 Å². The molecule has 21 heavy (non-hydrogen) atoms. The summed E-state index contributed by atoms with van der Waals surface area (Å²) in [7, 11) is 0. The molecular formula is C20H17N. The van der Waals surface area contributed by atoms with Gasteiger partial charge in [0.05, 0.1) is 11.0 Å². The van der Waals surface area contributed by atoms with Crippen LogP contribution in [0.5, 0.6) is 0 Å². The number of fused-ring (bicyclic) bond motifs is 3. The van der Waals surface area contributed by atoms with Gasteiger partial charge in [-0.3, -0.25) is 0 Å². The standard InChI is InChI=1S/C20H17N/c1-3-5-11-16(10-4-2)21-19-14-8-6-12-17(19)18-13-7-9-15-20(18)21/h4-15H,1H2,2H3/b10-4-,16-11+. The molecule has 0 radical (unpaired) electrons. The third kappa shape index (κ3) is 2.24. The van der Waals surface area contributed by atoms with Gasteiger partial charge < -0.3 is 4.57 Å². The van der Waals surface area contributed by atoms with Crippen molar-refractivity contribution in [1.29, 1.82) is 0 Å². The summed E-state index contributed by atoms with van der Waals surface area (Å²) in [5, 5.41) is 2.54. The molecule has 1 nitrogen and oxygen atoms in total. The van der Waals surface area contributed by atoms with Crippen LogP contribution >= 0.6 is 0 Å². The fraction of sp³-hybridized carbons (Fsp3) is 0.0500. The predicted octanol–water partition coefficient (Wildman–Crippen LogP) is 5.55. The van der Waals surface area contributed by atoms with Crippen LogP contribution < -0.4 is 0 Å². The molecule has 0 N–H and O–H groups in total. The first-order valence-corrected chi connectivity index (χ1v) is 7.04. The summed E-state index contributed by atoms with van der Waals surface area (Å²) in [5.41, 5.74) is 6.34. The summed E-state index contributed by atoms with van der Waals surface area (Å²) >= 11 is 0. The Morgan fingerprint density at radius 3 is 2.10 bits per heavy atom. The highest BCUT2D eigenvalue weighted by atomic mass is 15.0. The van der Waals surface area contributed by atoms with Crippen LogP contribution in [0, 0.1) is 0 Å². The molecule has 0 saturated carbocycles. The molecule has 3 rings (SSSR count). The van der Waals surface area contributed by atoms with Crippen molar-refractivity contribution in [2.75, 3.05) is 0 Å². The highest BCUT2D eigenvalue weighted by Gasteiger charge is 2.10. The average Bonchev–Trinajstić information content (AvgIpc) is 2.86. The summed E-state index contributed by atoms with van der Waals surface area (Å²) < 4.78 is 2.28. The number of hydrogen-bond acceptors (Lipinski definition) is 0. The lowest BCUT2D eigenvalue weighted by molar-refractivity contribution is 1.24. The molecule has 0 atom stereocenters. The minimum absolute atomic E-state index is 1.10. The Labute approximate surface area is 124 Å². The first-order valence-electron chi connectivity index (χ1n) is 7.04. The Kier molecular flexibility index (Phi) is 3.59. The van der Waals surface area contributed by atoms with E-state index < -0.39 is 0 Å². The maximum Gasteiger partial charge on any atom is 0.0541 e. The first kappa shape index (κ1) is 13.2. The topological polar surface area (TPSA) is 4.93 Å². The van der Waals surface area contributed by atoms with Crippen LogP contribution in [0.4, 0.5) is 0 Å². The molecule has 0 fully saturated rings. The molecule has 0 amide bonds. The van der Waals surface area contributed by atoms with Crippen molar-refractivity contribution in [1.82, 2.24) is 4.57 Å². The molecule has 1 heteroatoms. The van der Waals surface area contributed by atoms with Gasteiger partial charge in [0.25, 0.3) is 0 Å². The van der Waals surface area contributed by atoms with Crippen LogP contribution in [0.3, 0.4) is 0 Å². The largest absolute Gasteiger partial charge is 0.309 e. The molecule has 0 bridgehead atoms. The zero-order chi connectivity index (χ0) is 14.7. The van der Waals surface area contributed by atoms with Gasteiger partial charge in [0.15, 0.2) is 0 Å². The lowest BCUT2D eigenvalue weighted by Crippen LogP contribution is -1.93. The van der Waals surface area contributed by atoms with Gasteiger partial charge >= 0.3 is 0 Å². The number of benzene rings is 2. The van der Waals surface area contributed by atoms with Crippen molar-refractivity contribution in [2.24, 2.45) is 0 Å². The Hall–Kier alpha value is -2.76. The molecule has 2 aromatic carbocycles. The number of para-hydroxylation sites is 2. The van der Waals surface area contributed by atoms with E-state index in [-0.39, 0.29) is 0 Å². The summed E-state index contributed by atoms with van der Waals surface area (Å²) in [6, 6.07) is 17.0. The van der Waals surface area contributed by atoms with Gasteiger partial charge in [0.2, 0.25) is 0 Å². The van der Waals surface area contributed by atoms with E-state index in [0.29, 0.717) is 0 Å². The summed E-state index contributed by atoms with van der Waals surface area (Å²) in [6.07, 6.45) is 8.03. The fourth-order valence-corrected chi connectivity index (χ4v) is 2.72. The molecule has 1 heterocycles. The highest BCUT2D eigenvalue weighted by molar-refractivity contribution is 6.10. The molecule has 0 saturated heterocycles. The Morgan fingerprint density at radius 2 is 1.57 bits per heavy atom. The van der Waals surface area contributed by atoms with Crippen LogP contribution in [0.1, 0.15) is 6.92 Å². The number of nitrogens with zero attached hydrogens (tertiary/aromatic N) is 1. The van der Waals surface area contributed by atoms with E-state index in [1.54, 1.807) is 0 Å². The van der Waals surface area contributed by atoms with E-state index in [1.165, 1.54) is 21.8 Å². The van der Waals surface area contributed by atoms with Crippen molar-refractivity contribution in [3.8, 4) is 0 Å². The van der Waals surface area contributed by atoms with Crippen molar-refractivity contribution < 1.29 is 0 Å². The van der Waals surface area contributed by atoms with Crippen LogP contribution in [-0.2, 0) is 0 Å². The molecule has 0 aliphatic heterocycles. The fourth-order valence-electron chi connectivity index (χ4n) is 2.72. The minimum atomic E-state index is 1.10. The first-order chi connectivity index (χ1) is 10.4. The predicted molar refractivity (Wildman–Crippen MR) is 92.2 cm³/mol. The highest BCUT2D eigenvalue weighted by Crippen LogP contribution is 2.31. The summed E-state index contributed by atoms with van der Waals surface area (Å²) in [5.74, 6) is 0. The number of allylic oxidation sites excluding steroid dienone is 5. The monoisotopic (exact) mass is 271 g/mol.